The number of hydrogen-bond acceptors (Lipinski definition) is 8. The molecule has 0 bridgehead atoms. The Morgan fingerprint density at radius 2 is 1.76 bits per heavy atom. The molecule has 0 amide bonds. The van der Waals surface area contributed by atoms with Gasteiger partial charge in [0.05, 0.1) is 18.6 Å². The van der Waals surface area contributed by atoms with E-state index in [-0.39, 0.29) is 39.4 Å². The maximum atomic E-state index is 13.2. The molecule has 3 aromatic rings. The van der Waals surface area contributed by atoms with E-state index < -0.39 is 10.0 Å². The summed E-state index contributed by atoms with van der Waals surface area (Å²) in [5, 5.41) is 9.20. The normalized spacial score (nSPS) is 11.2. The molecule has 0 spiro atoms. The Balaban J connectivity index is 1.99. The Morgan fingerprint density at radius 1 is 1.06 bits per heavy atom. The van der Waals surface area contributed by atoms with Gasteiger partial charge in [-0.05, 0) is 42.7 Å². The van der Waals surface area contributed by atoms with Crippen molar-refractivity contribution in [2.24, 2.45) is 0 Å². The molecule has 11 heteroatoms. The van der Waals surface area contributed by atoms with Crippen LogP contribution in [0.4, 0.5) is 5.82 Å². The minimum Gasteiger partial charge on any atom is -0.493 e. The molecule has 1 aromatic heterocycles. The predicted molar refractivity (Wildman–Crippen MR) is 136 cm³/mol. The number of para-hydroxylation sites is 2. The van der Waals surface area contributed by atoms with Crippen LogP contribution in [0.1, 0.15) is 25.3 Å². The SMILES string of the molecule is CCCCc1ccc(S(=O)(=O)Nc2nc(I)nc(OCCO)c2Oc2ccccc2OC)cc1. The van der Waals surface area contributed by atoms with Gasteiger partial charge < -0.3 is 19.3 Å². The summed E-state index contributed by atoms with van der Waals surface area (Å²) in [7, 11) is -2.51. The minimum absolute atomic E-state index is 0.0213. The fourth-order valence-electron chi connectivity index (χ4n) is 3.02. The number of aryl methyl sites for hydroxylation is 1. The Bertz CT molecular complexity index is 1210. The number of aromatic nitrogens is 2. The van der Waals surface area contributed by atoms with Crippen LogP contribution in [0.2, 0.25) is 0 Å². The zero-order valence-corrected chi connectivity index (χ0v) is 21.8. The van der Waals surface area contributed by atoms with E-state index in [9.17, 15) is 13.5 Å². The van der Waals surface area contributed by atoms with Gasteiger partial charge in [0, 0.05) is 22.6 Å². The monoisotopic (exact) mass is 599 g/mol. The number of anilines is 1. The lowest BCUT2D eigenvalue weighted by Crippen LogP contribution is -2.16. The highest BCUT2D eigenvalue weighted by Crippen LogP contribution is 2.40. The summed E-state index contributed by atoms with van der Waals surface area (Å²) in [4.78, 5) is 8.53. The van der Waals surface area contributed by atoms with Gasteiger partial charge in [-0.3, -0.25) is 4.72 Å². The number of rotatable bonds is 12. The Kier molecular flexibility index (Phi) is 9.30. The van der Waals surface area contributed by atoms with Crippen LogP contribution in [0.3, 0.4) is 0 Å². The van der Waals surface area contributed by atoms with Gasteiger partial charge in [-0.15, -0.1) is 0 Å². The van der Waals surface area contributed by atoms with Crippen molar-refractivity contribution in [1.29, 1.82) is 0 Å². The summed E-state index contributed by atoms with van der Waals surface area (Å²) >= 11 is 1.85. The van der Waals surface area contributed by atoms with Crippen molar-refractivity contribution in [1.82, 2.24) is 9.97 Å². The van der Waals surface area contributed by atoms with E-state index in [0.717, 1.165) is 24.8 Å². The molecule has 9 nitrogen and oxygen atoms in total. The van der Waals surface area contributed by atoms with Crippen molar-refractivity contribution in [3.63, 3.8) is 0 Å². The molecule has 0 radical (unpaired) electrons. The van der Waals surface area contributed by atoms with Crippen molar-refractivity contribution in [3.8, 4) is 23.1 Å². The molecule has 0 aliphatic heterocycles. The lowest BCUT2D eigenvalue weighted by molar-refractivity contribution is 0.192. The molecule has 0 saturated heterocycles. The van der Waals surface area contributed by atoms with Crippen molar-refractivity contribution >= 4 is 38.4 Å². The van der Waals surface area contributed by atoms with E-state index in [2.05, 4.69) is 21.6 Å². The number of sulfonamides is 1. The molecule has 0 aliphatic rings. The highest BCUT2D eigenvalue weighted by Gasteiger charge is 2.24. The number of hydrogen-bond donors (Lipinski definition) is 2. The lowest BCUT2D eigenvalue weighted by atomic mass is 10.1. The number of aliphatic hydroxyl groups is 1. The molecule has 0 unspecified atom stereocenters. The summed E-state index contributed by atoms with van der Waals surface area (Å²) < 4.78 is 45.8. The van der Waals surface area contributed by atoms with E-state index in [0.29, 0.717) is 11.5 Å². The zero-order valence-electron chi connectivity index (χ0n) is 18.8. The van der Waals surface area contributed by atoms with Crippen molar-refractivity contribution in [2.45, 2.75) is 31.1 Å². The molecule has 0 fully saturated rings. The van der Waals surface area contributed by atoms with Gasteiger partial charge in [-0.1, -0.05) is 37.6 Å². The Morgan fingerprint density at radius 3 is 2.41 bits per heavy atom. The molecule has 0 aliphatic carbocycles. The number of halogens is 1. The van der Waals surface area contributed by atoms with Crippen LogP contribution in [-0.4, -0.2) is 43.8 Å². The molecule has 34 heavy (non-hydrogen) atoms. The minimum atomic E-state index is -3.99. The zero-order chi connectivity index (χ0) is 24.6. The molecule has 182 valence electrons. The van der Waals surface area contributed by atoms with Crippen LogP contribution in [-0.2, 0) is 16.4 Å². The average Bonchev–Trinajstić information content (AvgIpc) is 2.83. The Hall–Kier alpha value is -2.64. The largest absolute Gasteiger partial charge is 0.493 e. The fraction of sp³-hybridized carbons (Fsp3) is 0.304. The highest BCUT2D eigenvalue weighted by molar-refractivity contribution is 14.1. The predicted octanol–water partition coefficient (Wildman–Crippen LogP) is 4.40. The van der Waals surface area contributed by atoms with Crippen LogP contribution in [0.15, 0.2) is 53.4 Å². The first-order valence-corrected chi connectivity index (χ1v) is 13.2. The van der Waals surface area contributed by atoms with Crippen molar-refractivity contribution in [2.75, 3.05) is 25.0 Å². The molecule has 2 N–H and O–H groups in total. The summed E-state index contributed by atoms with van der Waals surface area (Å²) in [6.07, 6.45) is 2.98. The van der Waals surface area contributed by atoms with Crippen LogP contribution < -0.4 is 18.9 Å². The quantitative estimate of drug-likeness (QED) is 0.232. The number of nitrogens with one attached hydrogen (secondary N) is 1. The van der Waals surface area contributed by atoms with Gasteiger partial charge in [0.25, 0.3) is 15.9 Å². The van der Waals surface area contributed by atoms with Crippen molar-refractivity contribution in [3.05, 3.63) is 57.9 Å². The number of benzene rings is 2. The third-order valence-electron chi connectivity index (χ3n) is 4.70. The third kappa shape index (κ3) is 6.70. The van der Waals surface area contributed by atoms with Gasteiger partial charge in [0.2, 0.25) is 5.75 Å². The topological polar surface area (TPSA) is 120 Å². The third-order valence-corrected chi connectivity index (χ3v) is 6.54. The van der Waals surface area contributed by atoms with E-state index in [4.69, 9.17) is 14.2 Å². The van der Waals surface area contributed by atoms with Crippen LogP contribution in [0, 0.1) is 3.83 Å². The molecule has 3 rings (SSSR count). The highest BCUT2D eigenvalue weighted by atomic mass is 127. The maximum Gasteiger partial charge on any atom is 0.264 e. The second kappa shape index (κ2) is 12.2. The first kappa shape index (κ1) is 26.0. The van der Waals surface area contributed by atoms with Gasteiger partial charge in [0.15, 0.2) is 21.1 Å². The number of methoxy groups -OCH3 is 1. The molecule has 2 aromatic carbocycles. The van der Waals surface area contributed by atoms with E-state index in [1.54, 1.807) is 48.5 Å². The number of nitrogens with zero attached hydrogens (tertiary/aromatic N) is 2. The summed E-state index contributed by atoms with van der Waals surface area (Å²) in [5.74, 6) is 0.553. The van der Waals surface area contributed by atoms with Crippen molar-refractivity contribution < 1.29 is 27.7 Å². The van der Waals surface area contributed by atoms with E-state index >= 15 is 0 Å². The summed E-state index contributed by atoms with van der Waals surface area (Å²) in [5.41, 5.74) is 1.07. The lowest BCUT2D eigenvalue weighted by Gasteiger charge is -2.17. The Labute approximate surface area is 212 Å². The molecule has 0 saturated carbocycles. The number of aliphatic hydroxyl groups excluding tert-OH is 1. The van der Waals surface area contributed by atoms with Gasteiger partial charge in [-0.2, -0.15) is 4.98 Å². The van der Waals surface area contributed by atoms with Crippen LogP contribution in [0.5, 0.6) is 23.1 Å². The molecular weight excluding hydrogens is 573 g/mol. The van der Waals surface area contributed by atoms with Gasteiger partial charge in [0.1, 0.15) is 6.61 Å². The van der Waals surface area contributed by atoms with Gasteiger partial charge >= 0.3 is 0 Å². The standard InChI is InChI=1S/C23H26IN3O6S/c1-3-4-7-16-10-12-17(13-11-16)34(29,30)27-21-20(22(32-15-14-28)26-23(24)25-21)33-19-9-6-5-8-18(19)31-2/h5-6,8-13,28H,3-4,7,14-15H2,1-2H3,(H,25,26,27). The first-order chi connectivity index (χ1) is 16.4. The molecule has 0 atom stereocenters. The van der Waals surface area contributed by atoms with Crippen LogP contribution in [0.25, 0.3) is 0 Å². The average molecular weight is 599 g/mol. The second-order valence-electron chi connectivity index (χ2n) is 7.15. The number of unbranched alkanes of at least 4 members (excludes halogenated alkanes) is 1. The number of ether oxygens (including phenoxy) is 3. The van der Waals surface area contributed by atoms with E-state index in [1.807, 2.05) is 22.6 Å². The van der Waals surface area contributed by atoms with Crippen LogP contribution >= 0.6 is 22.6 Å². The summed E-state index contributed by atoms with van der Waals surface area (Å²) in [6, 6.07) is 13.6. The molecule has 1 heterocycles. The molecular formula is C23H26IN3O6S. The first-order valence-electron chi connectivity index (χ1n) is 10.6. The smallest absolute Gasteiger partial charge is 0.264 e. The second-order valence-corrected chi connectivity index (χ2v) is 9.80. The van der Waals surface area contributed by atoms with E-state index in [1.165, 1.54) is 7.11 Å². The van der Waals surface area contributed by atoms with Gasteiger partial charge in [-0.25, -0.2) is 13.4 Å². The summed E-state index contributed by atoms with van der Waals surface area (Å²) in [6.45, 7) is 1.77. The fourth-order valence-corrected chi connectivity index (χ4v) is 4.49. The maximum absolute atomic E-state index is 13.2.